The van der Waals surface area contributed by atoms with E-state index in [1.807, 2.05) is 18.2 Å². The van der Waals surface area contributed by atoms with Crippen LogP contribution in [-0.4, -0.2) is 30.1 Å². The Hall–Kier alpha value is -2.21. The number of hydrogen-bond donors (Lipinski definition) is 1. The van der Waals surface area contributed by atoms with Gasteiger partial charge in [0, 0.05) is 0 Å². The standard InChI is InChI=1S/C16H16O5S/c1-3-21-16(19)22-14(15(17)18)12-5-4-11-9-13(20-2)7-6-10(11)8-12/h4-9,14H,3H2,1-2H3,(H,17,18). The predicted molar refractivity (Wildman–Crippen MR) is 85.5 cm³/mol. The quantitative estimate of drug-likeness (QED) is 0.843. The van der Waals surface area contributed by atoms with Crippen LogP contribution < -0.4 is 4.74 Å². The van der Waals surface area contributed by atoms with Gasteiger partial charge in [-0.3, -0.25) is 4.79 Å². The lowest BCUT2D eigenvalue weighted by atomic mass is 10.0. The third kappa shape index (κ3) is 3.71. The highest BCUT2D eigenvalue weighted by Crippen LogP contribution is 2.33. The number of thioether (sulfide) groups is 1. The van der Waals surface area contributed by atoms with Crippen molar-refractivity contribution < 1.29 is 24.2 Å². The Morgan fingerprint density at radius 2 is 1.86 bits per heavy atom. The maximum Gasteiger partial charge on any atom is 0.368 e. The first-order chi connectivity index (χ1) is 10.5. The number of rotatable bonds is 5. The average Bonchev–Trinajstić information content (AvgIpc) is 2.51. The van der Waals surface area contributed by atoms with E-state index in [0.29, 0.717) is 17.3 Å². The Balaban J connectivity index is 2.33. The maximum absolute atomic E-state index is 11.5. The van der Waals surface area contributed by atoms with E-state index in [1.54, 1.807) is 32.2 Å². The second-order valence-electron chi connectivity index (χ2n) is 4.49. The molecule has 0 aliphatic carbocycles. The van der Waals surface area contributed by atoms with Crippen LogP contribution in [0.5, 0.6) is 5.75 Å². The van der Waals surface area contributed by atoms with Gasteiger partial charge in [-0.15, -0.1) is 0 Å². The van der Waals surface area contributed by atoms with E-state index in [1.165, 1.54) is 0 Å². The molecule has 0 saturated heterocycles. The molecule has 22 heavy (non-hydrogen) atoms. The molecule has 6 heteroatoms. The van der Waals surface area contributed by atoms with Crippen LogP contribution in [0.1, 0.15) is 17.7 Å². The van der Waals surface area contributed by atoms with Crippen molar-refractivity contribution in [3.63, 3.8) is 0 Å². The molecule has 2 aromatic carbocycles. The van der Waals surface area contributed by atoms with Gasteiger partial charge >= 0.3 is 11.3 Å². The summed E-state index contributed by atoms with van der Waals surface area (Å²) in [5, 5.41) is 9.58. The van der Waals surface area contributed by atoms with Crippen LogP contribution in [0.2, 0.25) is 0 Å². The summed E-state index contributed by atoms with van der Waals surface area (Å²) < 4.78 is 9.96. The van der Waals surface area contributed by atoms with E-state index >= 15 is 0 Å². The number of ether oxygens (including phenoxy) is 2. The van der Waals surface area contributed by atoms with Crippen LogP contribution in [-0.2, 0) is 9.53 Å². The highest BCUT2D eigenvalue weighted by Gasteiger charge is 2.25. The first-order valence-electron chi connectivity index (χ1n) is 6.69. The molecule has 0 spiro atoms. The largest absolute Gasteiger partial charge is 0.497 e. The van der Waals surface area contributed by atoms with Crippen molar-refractivity contribution >= 4 is 33.8 Å². The Bertz CT molecular complexity index is 698. The Kier molecular flexibility index (Phi) is 5.27. The Labute approximate surface area is 132 Å². The zero-order valence-electron chi connectivity index (χ0n) is 12.2. The van der Waals surface area contributed by atoms with E-state index < -0.39 is 16.5 Å². The summed E-state index contributed by atoms with van der Waals surface area (Å²) in [7, 11) is 1.59. The van der Waals surface area contributed by atoms with E-state index in [-0.39, 0.29) is 6.61 Å². The van der Waals surface area contributed by atoms with Crippen LogP contribution in [0.3, 0.4) is 0 Å². The smallest absolute Gasteiger partial charge is 0.368 e. The summed E-state index contributed by atoms with van der Waals surface area (Å²) in [6.45, 7) is 1.90. The second kappa shape index (κ2) is 7.17. The SMILES string of the molecule is CCOC(=O)SC(C(=O)O)c1ccc2cc(OC)ccc2c1. The van der Waals surface area contributed by atoms with E-state index in [9.17, 15) is 14.7 Å². The molecule has 2 aromatic rings. The van der Waals surface area contributed by atoms with Gasteiger partial charge in [-0.25, -0.2) is 4.79 Å². The fraction of sp³-hybridized carbons (Fsp3) is 0.250. The number of hydrogen-bond acceptors (Lipinski definition) is 5. The van der Waals surface area contributed by atoms with Gasteiger partial charge in [0.05, 0.1) is 13.7 Å². The van der Waals surface area contributed by atoms with Crippen molar-refractivity contribution in [2.24, 2.45) is 0 Å². The fourth-order valence-electron chi connectivity index (χ4n) is 2.04. The second-order valence-corrected chi connectivity index (χ2v) is 5.53. The molecule has 0 aliphatic rings. The number of carboxylic acid groups (broad SMARTS) is 1. The predicted octanol–water partition coefficient (Wildman–Crippen LogP) is 3.86. The van der Waals surface area contributed by atoms with Gasteiger partial charge in [0.25, 0.3) is 0 Å². The monoisotopic (exact) mass is 320 g/mol. The lowest BCUT2D eigenvalue weighted by Gasteiger charge is -2.12. The molecule has 0 saturated carbocycles. The third-order valence-electron chi connectivity index (χ3n) is 3.07. The van der Waals surface area contributed by atoms with Gasteiger partial charge in [-0.2, -0.15) is 0 Å². The number of fused-ring (bicyclic) bond motifs is 1. The molecule has 1 N–H and O–H groups in total. The fourth-order valence-corrected chi connectivity index (χ4v) is 2.80. The normalized spacial score (nSPS) is 11.9. The zero-order chi connectivity index (χ0) is 16.1. The van der Waals surface area contributed by atoms with Gasteiger partial charge in [-0.05, 0) is 53.2 Å². The van der Waals surface area contributed by atoms with Crippen LogP contribution in [0.25, 0.3) is 10.8 Å². The first-order valence-corrected chi connectivity index (χ1v) is 7.57. The molecule has 0 aromatic heterocycles. The van der Waals surface area contributed by atoms with Crippen LogP contribution in [0.15, 0.2) is 36.4 Å². The van der Waals surface area contributed by atoms with Crippen LogP contribution >= 0.6 is 11.8 Å². The van der Waals surface area contributed by atoms with Crippen molar-refractivity contribution in [1.29, 1.82) is 0 Å². The molecular weight excluding hydrogens is 304 g/mol. The number of aliphatic carboxylic acids is 1. The molecular formula is C16H16O5S. The van der Waals surface area contributed by atoms with Crippen molar-refractivity contribution in [3.8, 4) is 5.75 Å². The summed E-state index contributed by atoms with van der Waals surface area (Å²) in [5.41, 5.74) is 0.545. The molecule has 0 fully saturated rings. The van der Waals surface area contributed by atoms with Gasteiger partial charge in [0.1, 0.15) is 11.0 Å². The average molecular weight is 320 g/mol. The molecule has 5 nitrogen and oxygen atoms in total. The number of carbonyl (C=O) groups excluding carboxylic acids is 1. The first kappa shape index (κ1) is 16.2. The van der Waals surface area contributed by atoms with E-state index in [0.717, 1.165) is 16.5 Å². The molecule has 0 aliphatic heterocycles. The lowest BCUT2D eigenvalue weighted by Crippen LogP contribution is -2.11. The number of carbonyl (C=O) groups is 2. The van der Waals surface area contributed by atoms with E-state index in [2.05, 4.69) is 0 Å². The third-order valence-corrected chi connectivity index (χ3v) is 4.09. The molecule has 0 bridgehead atoms. The maximum atomic E-state index is 11.5. The molecule has 0 amide bonds. The van der Waals surface area contributed by atoms with Crippen molar-refractivity contribution in [3.05, 3.63) is 42.0 Å². The minimum atomic E-state index is -1.08. The van der Waals surface area contributed by atoms with Crippen molar-refractivity contribution in [2.45, 2.75) is 12.2 Å². The summed E-state index contributed by atoms with van der Waals surface area (Å²) >= 11 is 0.661. The highest BCUT2D eigenvalue weighted by atomic mass is 32.2. The van der Waals surface area contributed by atoms with Crippen molar-refractivity contribution in [1.82, 2.24) is 0 Å². The molecule has 0 heterocycles. The molecule has 1 atom stereocenters. The number of benzene rings is 2. The van der Waals surface area contributed by atoms with Crippen molar-refractivity contribution in [2.75, 3.05) is 13.7 Å². The van der Waals surface area contributed by atoms with Crippen LogP contribution in [0.4, 0.5) is 4.79 Å². The Morgan fingerprint density at radius 1 is 1.18 bits per heavy atom. The van der Waals surface area contributed by atoms with Gasteiger partial charge in [-0.1, -0.05) is 18.2 Å². The minimum Gasteiger partial charge on any atom is -0.497 e. The summed E-state index contributed by atoms with van der Waals surface area (Å²) in [4.78, 5) is 23.0. The lowest BCUT2D eigenvalue weighted by molar-refractivity contribution is -0.136. The van der Waals surface area contributed by atoms with Gasteiger partial charge in [0.2, 0.25) is 0 Å². The number of methoxy groups -OCH3 is 1. The van der Waals surface area contributed by atoms with Gasteiger partial charge in [0.15, 0.2) is 0 Å². The van der Waals surface area contributed by atoms with E-state index in [4.69, 9.17) is 9.47 Å². The topological polar surface area (TPSA) is 72.8 Å². The zero-order valence-corrected chi connectivity index (χ0v) is 13.1. The van der Waals surface area contributed by atoms with Gasteiger partial charge < -0.3 is 14.6 Å². The molecule has 1 unspecified atom stereocenters. The summed E-state index contributed by atoms with van der Waals surface area (Å²) in [6.07, 6.45) is 0. The van der Waals surface area contributed by atoms with Crippen LogP contribution in [0, 0.1) is 0 Å². The Morgan fingerprint density at radius 3 is 2.50 bits per heavy atom. The molecule has 2 rings (SSSR count). The molecule has 0 radical (unpaired) electrons. The molecule has 116 valence electrons. The minimum absolute atomic E-state index is 0.218. The number of carboxylic acids is 1. The highest BCUT2D eigenvalue weighted by molar-refractivity contribution is 8.14. The summed E-state index contributed by atoms with van der Waals surface area (Å²) in [6, 6.07) is 10.8. The summed E-state index contributed by atoms with van der Waals surface area (Å²) in [5.74, 6) is -0.346.